The molecule has 0 rings (SSSR count). The van der Waals surface area contributed by atoms with Crippen molar-refractivity contribution in [2.75, 3.05) is 0 Å². The summed E-state index contributed by atoms with van der Waals surface area (Å²) in [6, 6.07) is 0. The molecule has 0 aliphatic carbocycles. The molecule has 0 aromatic heterocycles. The molecule has 4 N–H and O–H groups in total. The Bertz CT molecular complexity index is 55.8. The van der Waals surface area contributed by atoms with Gasteiger partial charge in [0.25, 0.3) is 0 Å². The summed E-state index contributed by atoms with van der Waals surface area (Å²) in [7, 11) is 0. The van der Waals surface area contributed by atoms with Gasteiger partial charge < -0.3 is 5.73 Å². The minimum Gasteiger partial charge on any atom is -0.387 e. The summed E-state index contributed by atoms with van der Waals surface area (Å²) in [5.74, 6) is 0.502. The monoisotopic (exact) mass is 105 g/mol. The van der Waals surface area contributed by atoms with E-state index in [0.29, 0.717) is 5.84 Å². The van der Waals surface area contributed by atoms with Crippen LogP contribution in [0.3, 0.4) is 0 Å². The van der Waals surface area contributed by atoms with Gasteiger partial charge in [0.2, 0.25) is 0 Å². The van der Waals surface area contributed by atoms with Gasteiger partial charge >= 0.3 is 0 Å². The van der Waals surface area contributed by atoms with E-state index in [1.807, 2.05) is 0 Å². The molecule has 0 radical (unpaired) electrons. The van der Waals surface area contributed by atoms with Crippen LogP contribution in [0.25, 0.3) is 0 Å². The van der Waals surface area contributed by atoms with Gasteiger partial charge in [-0.3, -0.25) is 5.14 Å². The summed E-state index contributed by atoms with van der Waals surface area (Å²) in [6.45, 7) is 1.68. The standard InChI is InChI=1S/C2H7N3S/c1-2(3)5-6-4/h4H2,1H3,(H2,3,5). The van der Waals surface area contributed by atoms with Gasteiger partial charge in [0.05, 0.1) is 12.1 Å². The van der Waals surface area contributed by atoms with Crippen LogP contribution in [0.1, 0.15) is 6.92 Å². The van der Waals surface area contributed by atoms with E-state index >= 15 is 0 Å². The topological polar surface area (TPSA) is 64.4 Å². The molecule has 4 heteroatoms. The molecule has 0 aliphatic rings. The maximum Gasteiger partial charge on any atom is 0.106 e. The van der Waals surface area contributed by atoms with Crippen molar-refractivity contribution in [1.82, 2.24) is 0 Å². The van der Waals surface area contributed by atoms with Crippen LogP contribution in [-0.2, 0) is 0 Å². The Hall–Kier alpha value is -0.220. The van der Waals surface area contributed by atoms with Gasteiger partial charge in [-0.05, 0) is 6.92 Å². The zero-order valence-corrected chi connectivity index (χ0v) is 4.33. The van der Waals surface area contributed by atoms with Gasteiger partial charge in [-0.15, -0.1) is 0 Å². The van der Waals surface area contributed by atoms with Gasteiger partial charge in [-0.25, -0.2) is 0 Å². The second-order valence-corrected chi connectivity index (χ2v) is 1.23. The van der Waals surface area contributed by atoms with Crippen molar-refractivity contribution in [3.05, 3.63) is 0 Å². The molecule has 0 aliphatic heterocycles. The zero-order chi connectivity index (χ0) is 4.99. The summed E-state index contributed by atoms with van der Waals surface area (Å²) in [6.07, 6.45) is 0. The second kappa shape index (κ2) is 2.99. The van der Waals surface area contributed by atoms with Crippen molar-refractivity contribution in [3.8, 4) is 0 Å². The van der Waals surface area contributed by atoms with Gasteiger partial charge in [0.1, 0.15) is 5.84 Å². The lowest BCUT2D eigenvalue weighted by atomic mass is 10.8. The highest BCUT2D eigenvalue weighted by molar-refractivity contribution is 7.95. The average Bonchev–Trinajstić information content (AvgIpc) is 1.35. The first kappa shape index (κ1) is 5.78. The highest BCUT2D eigenvalue weighted by Gasteiger charge is 1.69. The molecule has 36 valence electrons. The largest absolute Gasteiger partial charge is 0.387 e. The molecule has 0 aromatic rings. The third-order valence-electron chi connectivity index (χ3n) is 0.197. The van der Waals surface area contributed by atoms with Gasteiger partial charge in [-0.2, -0.15) is 4.40 Å². The third-order valence-corrected chi connectivity index (χ3v) is 0.590. The van der Waals surface area contributed by atoms with Crippen molar-refractivity contribution in [2.24, 2.45) is 15.3 Å². The van der Waals surface area contributed by atoms with Crippen LogP contribution in [-0.4, -0.2) is 5.84 Å². The average molecular weight is 105 g/mol. The lowest BCUT2D eigenvalue weighted by Gasteiger charge is -1.80. The number of rotatable bonds is 1. The van der Waals surface area contributed by atoms with E-state index in [0.717, 1.165) is 12.1 Å². The highest BCUT2D eigenvalue weighted by Crippen LogP contribution is 1.83. The van der Waals surface area contributed by atoms with E-state index in [4.69, 9.17) is 10.9 Å². The lowest BCUT2D eigenvalue weighted by Crippen LogP contribution is -2.03. The fourth-order valence-electron chi connectivity index (χ4n) is 0.0831. The number of hydrogen-bond donors (Lipinski definition) is 2. The maximum absolute atomic E-state index is 5.05. The predicted molar refractivity (Wildman–Crippen MR) is 29.1 cm³/mol. The molecule has 0 unspecified atom stereocenters. The Labute approximate surface area is 41.1 Å². The molecule has 0 spiro atoms. The molecule has 0 saturated heterocycles. The summed E-state index contributed by atoms with van der Waals surface area (Å²) < 4.78 is 3.51. The summed E-state index contributed by atoms with van der Waals surface area (Å²) in [5, 5.41) is 4.88. The lowest BCUT2D eigenvalue weighted by molar-refractivity contribution is 1.60. The first-order valence-electron chi connectivity index (χ1n) is 1.43. The Balaban J connectivity index is 3.14. The second-order valence-electron chi connectivity index (χ2n) is 0.838. The van der Waals surface area contributed by atoms with Crippen LogP contribution >= 0.6 is 12.1 Å². The molecule has 0 bridgehead atoms. The van der Waals surface area contributed by atoms with E-state index < -0.39 is 0 Å². The summed E-state index contributed by atoms with van der Waals surface area (Å²) in [4.78, 5) is 0. The first-order valence-corrected chi connectivity index (χ1v) is 2.27. The SMILES string of the molecule is C/C(N)=N/SN. The van der Waals surface area contributed by atoms with Crippen molar-refractivity contribution in [3.63, 3.8) is 0 Å². The highest BCUT2D eigenvalue weighted by atomic mass is 32.2. The van der Waals surface area contributed by atoms with Crippen molar-refractivity contribution < 1.29 is 0 Å². The quantitative estimate of drug-likeness (QED) is 0.278. The van der Waals surface area contributed by atoms with Crippen LogP contribution in [0.2, 0.25) is 0 Å². The van der Waals surface area contributed by atoms with Gasteiger partial charge in [-0.1, -0.05) is 0 Å². The zero-order valence-electron chi connectivity index (χ0n) is 3.51. The van der Waals surface area contributed by atoms with E-state index in [2.05, 4.69) is 4.40 Å². The molecule has 0 saturated carbocycles. The summed E-state index contributed by atoms with van der Waals surface area (Å²) >= 11 is 0.873. The molecule has 3 nitrogen and oxygen atoms in total. The molecular weight excluding hydrogens is 98.1 g/mol. The van der Waals surface area contributed by atoms with Crippen LogP contribution in [0, 0.1) is 0 Å². The van der Waals surface area contributed by atoms with Crippen LogP contribution in [0.4, 0.5) is 0 Å². The molecule has 0 fully saturated rings. The Morgan fingerprint density at radius 2 is 2.33 bits per heavy atom. The van der Waals surface area contributed by atoms with Crippen molar-refractivity contribution >= 4 is 18.0 Å². The normalized spacial score (nSPS) is 12.0. The molecular formula is C2H7N3S. The van der Waals surface area contributed by atoms with E-state index in [1.165, 1.54) is 0 Å². The van der Waals surface area contributed by atoms with Crippen LogP contribution in [0.5, 0.6) is 0 Å². The molecule has 0 atom stereocenters. The smallest absolute Gasteiger partial charge is 0.106 e. The van der Waals surface area contributed by atoms with Crippen molar-refractivity contribution in [1.29, 1.82) is 0 Å². The van der Waals surface area contributed by atoms with Crippen LogP contribution < -0.4 is 10.9 Å². The van der Waals surface area contributed by atoms with Gasteiger partial charge in [0.15, 0.2) is 0 Å². The number of nitrogens with two attached hydrogens (primary N) is 2. The number of amidine groups is 1. The molecule has 6 heavy (non-hydrogen) atoms. The number of hydrogen-bond acceptors (Lipinski definition) is 3. The predicted octanol–water partition coefficient (Wildman–Crippen LogP) is -0.115. The number of nitrogens with zero attached hydrogens (tertiary/aromatic N) is 1. The Kier molecular flexibility index (Phi) is 2.88. The Morgan fingerprint density at radius 1 is 1.83 bits per heavy atom. The fourth-order valence-corrected chi connectivity index (χ4v) is 0.249. The van der Waals surface area contributed by atoms with Crippen LogP contribution in [0.15, 0.2) is 4.40 Å². The molecule has 0 amide bonds. The van der Waals surface area contributed by atoms with E-state index in [9.17, 15) is 0 Å². The third kappa shape index (κ3) is 3.78. The molecule has 0 heterocycles. The van der Waals surface area contributed by atoms with Gasteiger partial charge in [0, 0.05) is 0 Å². The van der Waals surface area contributed by atoms with E-state index in [1.54, 1.807) is 6.92 Å². The van der Waals surface area contributed by atoms with Crippen molar-refractivity contribution in [2.45, 2.75) is 6.92 Å². The fraction of sp³-hybridized carbons (Fsp3) is 0.500. The Morgan fingerprint density at radius 3 is 2.33 bits per heavy atom. The minimum absolute atomic E-state index is 0.502. The maximum atomic E-state index is 5.05. The van der Waals surface area contributed by atoms with E-state index in [-0.39, 0.29) is 0 Å². The molecule has 0 aromatic carbocycles. The summed E-state index contributed by atoms with van der Waals surface area (Å²) in [5.41, 5.74) is 5.05. The first-order chi connectivity index (χ1) is 2.77. The minimum atomic E-state index is 0.502.